The Bertz CT molecular complexity index is 929. The number of piperidine rings is 1. The predicted molar refractivity (Wildman–Crippen MR) is 128 cm³/mol. The quantitative estimate of drug-likeness (QED) is 0.409. The predicted octanol–water partition coefficient (Wildman–Crippen LogP) is 3.78. The van der Waals surface area contributed by atoms with Crippen LogP contribution in [0.3, 0.4) is 0 Å². The number of ether oxygens (including phenoxy) is 2. The molecule has 0 saturated carbocycles. The summed E-state index contributed by atoms with van der Waals surface area (Å²) in [5, 5.41) is 5.64. The highest BCUT2D eigenvalue weighted by atomic mass is 16.6. The van der Waals surface area contributed by atoms with Gasteiger partial charge in [0.1, 0.15) is 13.2 Å². The molecule has 1 fully saturated rings. The zero-order chi connectivity index (χ0) is 24.0. The van der Waals surface area contributed by atoms with Crippen molar-refractivity contribution in [3.05, 3.63) is 71.3 Å². The molecule has 3 amide bonds. The first-order chi connectivity index (χ1) is 16.6. The van der Waals surface area contributed by atoms with Gasteiger partial charge in [0.2, 0.25) is 0 Å². The number of hydrogen-bond acceptors (Lipinski definition) is 5. The lowest BCUT2D eigenvalue weighted by molar-refractivity contribution is -0.144. The number of alkyl carbamates (subject to hydrolysis) is 1. The van der Waals surface area contributed by atoms with E-state index in [0.29, 0.717) is 19.5 Å². The molecule has 0 spiro atoms. The van der Waals surface area contributed by atoms with E-state index in [0.717, 1.165) is 42.6 Å². The van der Waals surface area contributed by atoms with Crippen LogP contribution in [-0.4, -0.2) is 49.3 Å². The van der Waals surface area contributed by atoms with E-state index < -0.39 is 6.09 Å². The number of likely N-dealkylation sites (tertiary alicyclic amines) is 1. The molecule has 3 rings (SSSR count). The second-order valence-electron chi connectivity index (χ2n) is 8.22. The third-order valence-electron chi connectivity index (χ3n) is 5.56. The number of carbonyl (C=O) groups excluding carboxylic acids is 3. The minimum atomic E-state index is -0.580. The van der Waals surface area contributed by atoms with Crippen LogP contribution < -0.4 is 10.6 Å². The molecular formula is C26H33N3O5. The van der Waals surface area contributed by atoms with Gasteiger partial charge in [-0.15, -0.1) is 0 Å². The zero-order valence-corrected chi connectivity index (χ0v) is 19.5. The van der Waals surface area contributed by atoms with Crippen molar-refractivity contribution < 1.29 is 23.9 Å². The van der Waals surface area contributed by atoms with Crippen LogP contribution in [0.15, 0.2) is 54.6 Å². The Labute approximate surface area is 200 Å². The summed E-state index contributed by atoms with van der Waals surface area (Å²) in [6.45, 7) is 2.36. The molecule has 1 heterocycles. The molecule has 0 radical (unpaired) electrons. The Kier molecular flexibility index (Phi) is 10.2. The normalized spacial score (nSPS) is 13.1. The number of aryl methyl sites for hydroxylation is 1. The summed E-state index contributed by atoms with van der Waals surface area (Å²) in [7, 11) is 0. The van der Waals surface area contributed by atoms with E-state index in [1.165, 1.54) is 6.42 Å². The van der Waals surface area contributed by atoms with Crippen molar-refractivity contribution in [3.63, 3.8) is 0 Å². The first-order valence-corrected chi connectivity index (χ1v) is 11.8. The van der Waals surface area contributed by atoms with Crippen molar-refractivity contribution in [3.8, 4) is 0 Å². The molecular weight excluding hydrogens is 434 g/mol. The third kappa shape index (κ3) is 9.13. The van der Waals surface area contributed by atoms with Crippen LogP contribution in [0, 0.1) is 0 Å². The van der Waals surface area contributed by atoms with Gasteiger partial charge in [-0.1, -0.05) is 54.6 Å². The maximum atomic E-state index is 12.3. The molecule has 2 N–H and O–H groups in total. The third-order valence-corrected chi connectivity index (χ3v) is 5.56. The fourth-order valence-corrected chi connectivity index (χ4v) is 3.71. The largest absolute Gasteiger partial charge is 0.462 e. The van der Waals surface area contributed by atoms with Crippen molar-refractivity contribution in [1.29, 1.82) is 0 Å². The van der Waals surface area contributed by atoms with Crippen LogP contribution in [0.5, 0.6) is 0 Å². The SMILES string of the molecule is O=C(CCc1ccccc1)OCCOC(=O)NCc1cccc(CNC(=O)N2CCCCC2)c1. The fraction of sp³-hybridized carbons (Fsp3) is 0.423. The Morgan fingerprint density at radius 2 is 1.41 bits per heavy atom. The number of carbonyl (C=O) groups is 3. The van der Waals surface area contributed by atoms with Gasteiger partial charge in [0.05, 0.1) is 0 Å². The van der Waals surface area contributed by atoms with Gasteiger partial charge in [0.15, 0.2) is 0 Å². The Morgan fingerprint density at radius 3 is 2.15 bits per heavy atom. The number of urea groups is 1. The van der Waals surface area contributed by atoms with Gasteiger partial charge in [-0.25, -0.2) is 9.59 Å². The molecule has 0 atom stereocenters. The van der Waals surface area contributed by atoms with Gasteiger partial charge in [-0.3, -0.25) is 4.79 Å². The summed E-state index contributed by atoms with van der Waals surface area (Å²) in [4.78, 5) is 37.8. The van der Waals surface area contributed by atoms with E-state index in [4.69, 9.17) is 9.47 Å². The lowest BCUT2D eigenvalue weighted by Gasteiger charge is -2.26. The van der Waals surface area contributed by atoms with Crippen molar-refractivity contribution in [2.45, 2.75) is 45.2 Å². The molecule has 8 heteroatoms. The van der Waals surface area contributed by atoms with Gasteiger partial charge >= 0.3 is 18.1 Å². The number of nitrogens with zero attached hydrogens (tertiary/aromatic N) is 1. The lowest BCUT2D eigenvalue weighted by atomic mass is 10.1. The molecule has 0 bridgehead atoms. The molecule has 2 aromatic carbocycles. The van der Waals surface area contributed by atoms with Crippen LogP contribution >= 0.6 is 0 Å². The van der Waals surface area contributed by atoms with Gasteiger partial charge in [0.25, 0.3) is 0 Å². The smallest absolute Gasteiger partial charge is 0.407 e. The van der Waals surface area contributed by atoms with E-state index in [1.807, 2.05) is 59.5 Å². The number of nitrogens with one attached hydrogen (secondary N) is 2. The van der Waals surface area contributed by atoms with Crippen molar-refractivity contribution in [2.75, 3.05) is 26.3 Å². The molecule has 34 heavy (non-hydrogen) atoms. The fourth-order valence-electron chi connectivity index (χ4n) is 3.71. The Morgan fingerprint density at radius 1 is 0.765 bits per heavy atom. The lowest BCUT2D eigenvalue weighted by Crippen LogP contribution is -2.42. The Balaban J connectivity index is 1.28. The van der Waals surface area contributed by atoms with Crippen molar-refractivity contribution >= 4 is 18.1 Å². The van der Waals surface area contributed by atoms with E-state index in [-0.39, 0.29) is 31.6 Å². The monoisotopic (exact) mass is 467 g/mol. The summed E-state index contributed by atoms with van der Waals surface area (Å²) in [5.41, 5.74) is 2.93. The van der Waals surface area contributed by atoms with E-state index in [2.05, 4.69) is 10.6 Å². The van der Waals surface area contributed by atoms with Gasteiger partial charge in [-0.05, 0) is 42.4 Å². The second-order valence-corrected chi connectivity index (χ2v) is 8.22. The Hall–Kier alpha value is -3.55. The van der Waals surface area contributed by atoms with Gasteiger partial charge in [0, 0.05) is 32.6 Å². The summed E-state index contributed by atoms with van der Waals surface area (Å²) in [6.07, 6.45) is 3.61. The van der Waals surface area contributed by atoms with E-state index >= 15 is 0 Å². The molecule has 0 aliphatic carbocycles. The molecule has 8 nitrogen and oxygen atoms in total. The van der Waals surface area contributed by atoms with Crippen LogP contribution in [0.2, 0.25) is 0 Å². The first-order valence-electron chi connectivity index (χ1n) is 11.8. The average Bonchev–Trinajstić information content (AvgIpc) is 2.88. The number of benzene rings is 2. The zero-order valence-electron chi connectivity index (χ0n) is 19.5. The number of hydrogen-bond donors (Lipinski definition) is 2. The highest BCUT2D eigenvalue weighted by Crippen LogP contribution is 2.10. The molecule has 182 valence electrons. The number of esters is 1. The summed E-state index contributed by atoms with van der Waals surface area (Å²) >= 11 is 0. The summed E-state index contributed by atoms with van der Waals surface area (Å²) in [6, 6.07) is 17.3. The standard InChI is InChI=1S/C26H33N3O5/c30-24(13-12-21-8-3-1-4-9-21)33-16-17-34-26(32)28-20-23-11-7-10-22(18-23)19-27-25(31)29-14-5-2-6-15-29/h1,3-4,7-11,18H,2,5-6,12-17,19-20H2,(H,27,31)(H,28,32). The summed E-state index contributed by atoms with van der Waals surface area (Å²) in [5.74, 6) is -0.322. The van der Waals surface area contributed by atoms with Crippen LogP contribution in [0.4, 0.5) is 9.59 Å². The highest BCUT2D eigenvalue weighted by Gasteiger charge is 2.15. The van der Waals surface area contributed by atoms with E-state index in [9.17, 15) is 14.4 Å². The molecule has 0 unspecified atom stereocenters. The van der Waals surface area contributed by atoms with Crippen LogP contribution in [-0.2, 0) is 33.8 Å². The maximum absolute atomic E-state index is 12.3. The second kappa shape index (κ2) is 13.9. The van der Waals surface area contributed by atoms with Crippen LogP contribution in [0.25, 0.3) is 0 Å². The summed E-state index contributed by atoms with van der Waals surface area (Å²) < 4.78 is 10.2. The molecule has 0 aromatic heterocycles. The van der Waals surface area contributed by atoms with Gasteiger partial charge < -0.3 is 25.0 Å². The molecule has 1 saturated heterocycles. The van der Waals surface area contributed by atoms with Crippen molar-refractivity contribution in [1.82, 2.24) is 15.5 Å². The molecule has 2 aromatic rings. The first kappa shape index (κ1) is 25.1. The molecule has 1 aliphatic rings. The number of rotatable bonds is 10. The van der Waals surface area contributed by atoms with Crippen molar-refractivity contribution in [2.24, 2.45) is 0 Å². The molecule has 1 aliphatic heterocycles. The minimum Gasteiger partial charge on any atom is -0.462 e. The average molecular weight is 468 g/mol. The van der Waals surface area contributed by atoms with Gasteiger partial charge in [-0.2, -0.15) is 0 Å². The van der Waals surface area contributed by atoms with E-state index in [1.54, 1.807) is 0 Å². The topological polar surface area (TPSA) is 97.0 Å². The maximum Gasteiger partial charge on any atom is 0.407 e. The number of amides is 3. The minimum absolute atomic E-state index is 0.00845. The van der Waals surface area contributed by atoms with Crippen LogP contribution in [0.1, 0.15) is 42.4 Å². The highest BCUT2D eigenvalue weighted by molar-refractivity contribution is 5.74.